The van der Waals surface area contributed by atoms with Crippen LogP contribution in [0.4, 0.5) is 5.82 Å². The molecule has 2 aromatic rings. The third-order valence-corrected chi connectivity index (χ3v) is 3.45. The van der Waals surface area contributed by atoms with E-state index in [2.05, 4.69) is 29.5 Å². The number of hydrogen-bond donors (Lipinski definition) is 1. The standard InChI is InChI=1S/C11H15N3S/c1-3-9-4-5-10(15-9)8-12-11-6-7-14(2)13-11/h4-7H,3,8H2,1-2H3,(H,12,13). The number of nitrogens with zero attached hydrogens (tertiary/aromatic N) is 2. The Hall–Kier alpha value is -1.29. The molecule has 0 aliphatic heterocycles. The summed E-state index contributed by atoms with van der Waals surface area (Å²) in [5.74, 6) is 0.934. The SMILES string of the molecule is CCc1ccc(CNc2ccn(C)n2)s1. The smallest absolute Gasteiger partial charge is 0.148 e. The van der Waals surface area contributed by atoms with Gasteiger partial charge in [-0.2, -0.15) is 5.10 Å². The molecule has 0 atom stereocenters. The van der Waals surface area contributed by atoms with E-state index >= 15 is 0 Å². The van der Waals surface area contributed by atoms with Crippen molar-refractivity contribution in [3.8, 4) is 0 Å². The number of aromatic nitrogens is 2. The fraction of sp³-hybridized carbons (Fsp3) is 0.364. The maximum absolute atomic E-state index is 4.26. The molecule has 80 valence electrons. The van der Waals surface area contributed by atoms with Crippen molar-refractivity contribution in [2.45, 2.75) is 19.9 Å². The van der Waals surface area contributed by atoms with Gasteiger partial charge in [0.25, 0.3) is 0 Å². The van der Waals surface area contributed by atoms with Crippen molar-refractivity contribution in [2.24, 2.45) is 7.05 Å². The first-order valence-electron chi connectivity index (χ1n) is 5.09. The average Bonchev–Trinajstić information content (AvgIpc) is 2.83. The fourth-order valence-electron chi connectivity index (χ4n) is 1.39. The van der Waals surface area contributed by atoms with E-state index in [4.69, 9.17) is 0 Å². The summed E-state index contributed by atoms with van der Waals surface area (Å²) in [5, 5.41) is 7.56. The number of nitrogens with one attached hydrogen (secondary N) is 1. The lowest BCUT2D eigenvalue weighted by molar-refractivity contribution is 0.768. The van der Waals surface area contributed by atoms with Crippen LogP contribution in [0.25, 0.3) is 0 Å². The molecule has 0 fully saturated rings. The van der Waals surface area contributed by atoms with Gasteiger partial charge in [-0.15, -0.1) is 11.3 Å². The van der Waals surface area contributed by atoms with Gasteiger partial charge in [-0.1, -0.05) is 6.92 Å². The monoisotopic (exact) mass is 221 g/mol. The summed E-state index contributed by atoms with van der Waals surface area (Å²) in [6.07, 6.45) is 3.06. The van der Waals surface area contributed by atoms with E-state index in [0.29, 0.717) is 0 Å². The molecule has 0 saturated carbocycles. The van der Waals surface area contributed by atoms with Crippen LogP contribution in [-0.4, -0.2) is 9.78 Å². The minimum Gasteiger partial charge on any atom is -0.364 e. The number of aryl methyl sites for hydroxylation is 2. The molecule has 0 amide bonds. The first-order valence-corrected chi connectivity index (χ1v) is 5.90. The molecule has 0 bridgehead atoms. The van der Waals surface area contributed by atoms with E-state index in [1.807, 2.05) is 30.6 Å². The summed E-state index contributed by atoms with van der Waals surface area (Å²) >= 11 is 1.86. The van der Waals surface area contributed by atoms with Gasteiger partial charge in [0.1, 0.15) is 5.82 Å². The minimum atomic E-state index is 0.863. The Bertz CT molecular complexity index is 430. The largest absolute Gasteiger partial charge is 0.364 e. The molecular formula is C11H15N3S. The van der Waals surface area contributed by atoms with Gasteiger partial charge in [0.15, 0.2) is 0 Å². The Balaban J connectivity index is 1.93. The summed E-state index contributed by atoms with van der Waals surface area (Å²) in [5.41, 5.74) is 0. The highest BCUT2D eigenvalue weighted by Gasteiger charge is 1.99. The first kappa shape index (κ1) is 10.2. The van der Waals surface area contributed by atoms with E-state index in [-0.39, 0.29) is 0 Å². The topological polar surface area (TPSA) is 29.9 Å². The molecule has 4 heteroatoms. The molecule has 0 saturated heterocycles. The van der Waals surface area contributed by atoms with Crippen LogP contribution >= 0.6 is 11.3 Å². The summed E-state index contributed by atoms with van der Waals surface area (Å²) in [4.78, 5) is 2.80. The highest BCUT2D eigenvalue weighted by Crippen LogP contribution is 2.17. The Morgan fingerprint density at radius 3 is 2.73 bits per heavy atom. The summed E-state index contributed by atoms with van der Waals surface area (Å²) in [6.45, 7) is 3.05. The predicted molar refractivity (Wildman–Crippen MR) is 64.2 cm³/mol. The molecular weight excluding hydrogens is 206 g/mol. The molecule has 0 unspecified atom stereocenters. The zero-order valence-electron chi connectivity index (χ0n) is 9.03. The van der Waals surface area contributed by atoms with Gasteiger partial charge < -0.3 is 5.32 Å². The molecule has 0 spiro atoms. The maximum atomic E-state index is 4.26. The van der Waals surface area contributed by atoms with Gasteiger partial charge in [0.05, 0.1) is 6.54 Å². The van der Waals surface area contributed by atoms with Crippen molar-refractivity contribution in [1.82, 2.24) is 9.78 Å². The van der Waals surface area contributed by atoms with Crippen molar-refractivity contribution in [3.63, 3.8) is 0 Å². The van der Waals surface area contributed by atoms with Crippen LogP contribution in [0.15, 0.2) is 24.4 Å². The van der Waals surface area contributed by atoms with Crippen LogP contribution < -0.4 is 5.32 Å². The summed E-state index contributed by atoms with van der Waals surface area (Å²) < 4.78 is 1.80. The van der Waals surface area contributed by atoms with E-state index in [1.165, 1.54) is 9.75 Å². The second kappa shape index (κ2) is 4.49. The zero-order chi connectivity index (χ0) is 10.7. The Morgan fingerprint density at radius 2 is 2.13 bits per heavy atom. The van der Waals surface area contributed by atoms with Crippen LogP contribution in [0, 0.1) is 0 Å². The van der Waals surface area contributed by atoms with Crippen molar-refractivity contribution in [3.05, 3.63) is 34.2 Å². The number of hydrogen-bond acceptors (Lipinski definition) is 3. The summed E-state index contributed by atoms with van der Waals surface area (Å²) in [6, 6.07) is 6.36. The van der Waals surface area contributed by atoms with Crippen molar-refractivity contribution in [2.75, 3.05) is 5.32 Å². The molecule has 0 aromatic carbocycles. The highest BCUT2D eigenvalue weighted by atomic mass is 32.1. The lowest BCUT2D eigenvalue weighted by atomic mass is 10.3. The van der Waals surface area contributed by atoms with Crippen LogP contribution in [0.1, 0.15) is 16.7 Å². The number of thiophene rings is 1. The van der Waals surface area contributed by atoms with Crippen LogP contribution in [0.2, 0.25) is 0 Å². The zero-order valence-corrected chi connectivity index (χ0v) is 9.84. The van der Waals surface area contributed by atoms with E-state index < -0.39 is 0 Å². The van der Waals surface area contributed by atoms with E-state index in [1.54, 1.807) is 4.68 Å². The predicted octanol–water partition coefficient (Wildman–Crippen LogP) is 2.66. The van der Waals surface area contributed by atoms with Gasteiger partial charge in [-0.3, -0.25) is 4.68 Å². The normalized spacial score (nSPS) is 10.5. The van der Waals surface area contributed by atoms with Crippen LogP contribution in [0.5, 0.6) is 0 Å². The van der Waals surface area contributed by atoms with Gasteiger partial charge in [-0.25, -0.2) is 0 Å². The molecule has 0 aliphatic rings. The Kier molecular flexibility index (Phi) is 3.06. The molecule has 15 heavy (non-hydrogen) atoms. The van der Waals surface area contributed by atoms with Gasteiger partial charge in [0.2, 0.25) is 0 Å². The van der Waals surface area contributed by atoms with Crippen LogP contribution in [0.3, 0.4) is 0 Å². The molecule has 1 N–H and O–H groups in total. The fourth-order valence-corrected chi connectivity index (χ4v) is 2.29. The maximum Gasteiger partial charge on any atom is 0.148 e. The molecule has 2 aromatic heterocycles. The lowest BCUT2D eigenvalue weighted by Crippen LogP contribution is -1.98. The van der Waals surface area contributed by atoms with E-state index in [0.717, 1.165) is 18.8 Å². The van der Waals surface area contributed by atoms with Crippen molar-refractivity contribution in [1.29, 1.82) is 0 Å². The van der Waals surface area contributed by atoms with Crippen molar-refractivity contribution >= 4 is 17.2 Å². The summed E-state index contributed by atoms with van der Waals surface area (Å²) in [7, 11) is 1.92. The number of rotatable bonds is 4. The molecule has 0 radical (unpaired) electrons. The number of anilines is 1. The first-order chi connectivity index (χ1) is 7.28. The molecule has 2 heterocycles. The van der Waals surface area contributed by atoms with Crippen molar-refractivity contribution < 1.29 is 0 Å². The minimum absolute atomic E-state index is 0.863. The van der Waals surface area contributed by atoms with Crippen LogP contribution in [-0.2, 0) is 20.0 Å². The second-order valence-electron chi connectivity index (χ2n) is 3.45. The Labute approximate surface area is 93.7 Å². The van der Waals surface area contributed by atoms with Gasteiger partial charge >= 0.3 is 0 Å². The highest BCUT2D eigenvalue weighted by molar-refractivity contribution is 7.12. The quantitative estimate of drug-likeness (QED) is 0.860. The molecule has 2 rings (SSSR count). The van der Waals surface area contributed by atoms with Gasteiger partial charge in [0, 0.05) is 29.1 Å². The molecule has 0 aliphatic carbocycles. The molecule has 3 nitrogen and oxygen atoms in total. The Morgan fingerprint density at radius 1 is 1.33 bits per heavy atom. The second-order valence-corrected chi connectivity index (χ2v) is 4.70. The average molecular weight is 221 g/mol. The van der Waals surface area contributed by atoms with E-state index in [9.17, 15) is 0 Å². The third kappa shape index (κ3) is 2.59. The lowest BCUT2D eigenvalue weighted by Gasteiger charge is -1.99. The third-order valence-electron chi connectivity index (χ3n) is 2.22. The van der Waals surface area contributed by atoms with Gasteiger partial charge in [-0.05, 0) is 18.6 Å².